The Bertz CT molecular complexity index is 666. The molecule has 0 saturated carbocycles. The van der Waals surface area contributed by atoms with Gasteiger partial charge in [0.15, 0.2) is 0 Å². The number of imide groups is 1. The van der Waals surface area contributed by atoms with E-state index >= 15 is 0 Å². The number of benzene rings is 1. The Morgan fingerprint density at radius 3 is 2.52 bits per heavy atom. The summed E-state index contributed by atoms with van der Waals surface area (Å²) in [4.78, 5) is 36.2. The number of aryl methyl sites for hydroxylation is 1. The average Bonchev–Trinajstić information content (AvgIpc) is 2.74. The minimum absolute atomic E-state index is 0.0489. The number of nitrogens with two attached hydrogens (primary N) is 1. The van der Waals surface area contributed by atoms with Gasteiger partial charge in [-0.3, -0.25) is 14.5 Å². The fourth-order valence-electron chi connectivity index (χ4n) is 2.57. The summed E-state index contributed by atoms with van der Waals surface area (Å²) < 4.78 is 28.5. The molecule has 0 aromatic heterocycles. The number of carbonyl (C=O) groups excluding carboxylic acids is 3. The van der Waals surface area contributed by atoms with E-state index in [0.29, 0.717) is 12.8 Å². The minimum Gasteiger partial charge on any atom is -0.435 e. The highest BCUT2D eigenvalue weighted by Crippen LogP contribution is 2.24. The molecule has 1 aromatic rings. The van der Waals surface area contributed by atoms with Crippen LogP contribution >= 0.6 is 0 Å². The van der Waals surface area contributed by atoms with Crippen molar-refractivity contribution in [2.24, 2.45) is 5.73 Å². The first kappa shape index (κ1) is 18.6. The molecular weight excluding hydrogens is 336 g/mol. The maximum Gasteiger partial charge on any atom is 0.387 e. The van der Waals surface area contributed by atoms with Crippen LogP contribution in [-0.2, 0) is 16.0 Å². The predicted octanol–water partition coefficient (Wildman–Crippen LogP) is 1.41. The van der Waals surface area contributed by atoms with E-state index in [1.807, 2.05) is 0 Å². The van der Waals surface area contributed by atoms with Crippen molar-refractivity contribution in [3.05, 3.63) is 29.8 Å². The van der Waals surface area contributed by atoms with E-state index in [1.165, 1.54) is 12.1 Å². The van der Waals surface area contributed by atoms with E-state index in [9.17, 15) is 23.2 Å². The van der Waals surface area contributed by atoms with Gasteiger partial charge in [0.1, 0.15) is 11.3 Å². The number of alkyl halides is 2. The maximum atomic E-state index is 12.4. The van der Waals surface area contributed by atoms with Crippen molar-refractivity contribution >= 4 is 17.8 Å². The van der Waals surface area contributed by atoms with Crippen LogP contribution in [0.5, 0.6) is 5.75 Å². The second kappa shape index (κ2) is 7.45. The fourth-order valence-corrected chi connectivity index (χ4v) is 2.57. The molecule has 1 aromatic carbocycles. The van der Waals surface area contributed by atoms with Crippen LogP contribution in [0.15, 0.2) is 24.3 Å². The molecule has 0 radical (unpaired) electrons. The number of halogens is 2. The van der Waals surface area contributed by atoms with E-state index in [4.69, 9.17) is 5.73 Å². The first-order valence-electron chi connectivity index (χ1n) is 7.67. The van der Waals surface area contributed by atoms with E-state index in [-0.39, 0.29) is 18.7 Å². The van der Waals surface area contributed by atoms with Gasteiger partial charge in [0.2, 0.25) is 5.91 Å². The topological polar surface area (TPSA) is 102 Å². The van der Waals surface area contributed by atoms with Crippen LogP contribution in [0.2, 0.25) is 0 Å². The molecule has 1 heterocycles. The number of urea groups is 1. The third-order valence-corrected chi connectivity index (χ3v) is 3.99. The first-order chi connectivity index (χ1) is 11.7. The van der Waals surface area contributed by atoms with Gasteiger partial charge in [0, 0.05) is 13.0 Å². The van der Waals surface area contributed by atoms with E-state index in [0.717, 1.165) is 10.5 Å². The van der Waals surface area contributed by atoms with Crippen LogP contribution in [0, 0.1) is 0 Å². The number of hydrogen-bond acceptors (Lipinski definition) is 4. The van der Waals surface area contributed by atoms with Crippen LogP contribution in [0.3, 0.4) is 0 Å². The van der Waals surface area contributed by atoms with Crippen molar-refractivity contribution in [1.29, 1.82) is 0 Å². The highest BCUT2D eigenvalue weighted by molar-refractivity contribution is 6.07. The van der Waals surface area contributed by atoms with Gasteiger partial charge in [-0.25, -0.2) is 4.79 Å². The summed E-state index contributed by atoms with van der Waals surface area (Å²) in [6, 6.07) is 5.51. The molecule has 2 rings (SSSR count). The average molecular weight is 355 g/mol. The Kier molecular flexibility index (Phi) is 5.55. The molecule has 3 N–H and O–H groups in total. The lowest BCUT2D eigenvalue weighted by molar-refractivity contribution is -0.131. The van der Waals surface area contributed by atoms with Crippen molar-refractivity contribution < 1.29 is 27.9 Å². The van der Waals surface area contributed by atoms with Crippen molar-refractivity contribution in [1.82, 2.24) is 10.2 Å². The molecule has 0 unspecified atom stereocenters. The van der Waals surface area contributed by atoms with Crippen LogP contribution < -0.4 is 15.8 Å². The normalized spacial score (nSPS) is 20.1. The van der Waals surface area contributed by atoms with Gasteiger partial charge >= 0.3 is 12.6 Å². The molecule has 1 fully saturated rings. The number of nitrogens with zero attached hydrogens (tertiary/aromatic N) is 1. The molecule has 7 nitrogen and oxygen atoms in total. The second-order valence-corrected chi connectivity index (χ2v) is 5.96. The van der Waals surface area contributed by atoms with Gasteiger partial charge in [-0.2, -0.15) is 8.78 Å². The number of carbonyl (C=O) groups is 3. The Balaban J connectivity index is 1.96. The highest BCUT2D eigenvalue weighted by Gasteiger charge is 2.47. The first-order valence-corrected chi connectivity index (χ1v) is 7.67. The minimum atomic E-state index is -2.89. The van der Waals surface area contributed by atoms with Gasteiger partial charge in [-0.05, 0) is 37.5 Å². The lowest BCUT2D eigenvalue weighted by Gasteiger charge is -2.21. The SMILES string of the molecule is C[C@]1(CCc2ccc(OC(F)F)cc2)NC(=O)N(CCC(N)=O)C1=O. The monoisotopic (exact) mass is 355 g/mol. The molecule has 9 heteroatoms. The zero-order valence-electron chi connectivity index (χ0n) is 13.6. The summed E-state index contributed by atoms with van der Waals surface area (Å²) in [5.41, 5.74) is 4.76. The smallest absolute Gasteiger partial charge is 0.387 e. The van der Waals surface area contributed by atoms with Gasteiger partial charge in [-0.15, -0.1) is 0 Å². The Labute approximate surface area is 143 Å². The summed E-state index contributed by atoms with van der Waals surface area (Å²) in [6.07, 6.45) is 0.668. The molecule has 0 spiro atoms. The molecule has 1 saturated heterocycles. The number of primary amides is 1. The number of nitrogens with one attached hydrogen (secondary N) is 1. The summed E-state index contributed by atoms with van der Waals surface area (Å²) >= 11 is 0. The number of ether oxygens (including phenoxy) is 1. The van der Waals surface area contributed by atoms with Crippen molar-refractivity contribution in [2.45, 2.75) is 38.3 Å². The van der Waals surface area contributed by atoms with Crippen molar-refractivity contribution in [2.75, 3.05) is 6.54 Å². The van der Waals surface area contributed by atoms with Gasteiger partial charge in [0.25, 0.3) is 5.91 Å². The standard InChI is InChI=1S/C16H19F2N3O4/c1-16(13(23)21(15(24)20-16)9-7-12(19)22)8-6-10-2-4-11(5-3-10)25-14(17)18/h2-5,14H,6-9H2,1H3,(H2,19,22)(H,20,24)/t16-/m1/s1. The molecule has 1 aliphatic rings. The number of hydrogen-bond donors (Lipinski definition) is 2. The third-order valence-electron chi connectivity index (χ3n) is 3.99. The van der Waals surface area contributed by atoms with E-state index in [1.54, 1.807) is 19.1 Å². The van der Waals surface area contributed by atoms with E-state index < -0.39 is 30.0 Å². The van der Waals surface area contributed by atoms with Crippen LogP contribution in [-0.4, -0.2) is 41.4 Å². The quantitative estimate of drug-likeness (QED) is 0.688. The van der Waals surface area contributed by atoms with E-state index in [2.05, 4.69) is 10.1 Å². The summed E-state index contributed by atoms with van der Waals surface area (Å²) in [6.45, 7) is -1.34. The van der Waals surface area contributed by atoms with Crippen molar-refractivity contribution in [3.8, 4) is 5.75 Å². The van der Waals surface area contributed by atoms with Gasteiger partial charge in [-0.1, -0.05) is 12.1 Å². The molecule has 1 aliphatic heterocycles. The van der Waals surface area contributed by atoms with Crippen LogP contribution in [0.25, 0.3) is 0 Å². The lowest BCUT2D eigenvalue weighted by atomic mass is 9.93. The summed E-state index contributed by atoms with van der Waals surface area (Å²) in [7, 11) is 0. The van der Waals surface area contributed by atoms with Gasteiger partial charge < -0.3 is 15.8 Å². The molecule has 0 aliphatic carbocycles. The summed E-state index contributed by atoms with van der Waals surface area (Å²) in [5.74, 6) is -0.968. The highest BCUT2D eigenvalue weighted by atomic mass is 19.3. The Morgan fingerprint density at radius 2 is 1.96 bits per heavy atom. The fraction of sp³-hybridized carbons (Fsp3) is 0.438. The molecule has 1 atom stereocenters. The van der Waals surface area contributed by atoms with Gasteiger partial charge in [0.05, 0.1) is 0 Å². The number of amides is 4. The second-order valence-electron chi connectivity index (χ2n) is 5.96. The summed E-state index contributed by atoms with van der Waals surface area (Å²) in [5, 5.41) is 2.62. The third kappa shape index (κ3) is 4.65. The van der Waals surface area contributed by atoms with Crippen LogP contribution in [0.4, 0.5) is 13.6 Å². The Morgan fingerprint density at radius 1 is 1.32 bits per heavy atom. The molecule has 136 valence electrons. The zero-order valence-corrected chi connectivity index (χ0v) is 13.6. The number of rotatable bonds is 8. The molecule has 4 amide bonds. The Hall–Kier alpha value is -2.71. The lowest BCUT2D eigenvalue weighted by Crippen LogP contribution is -2.44. The predicted molar refractivity (Wildman–Crippen MR) is 83.9 cm³/mol. The van der Waals surface area contributed by atoms with Crippen LogP contribution in [0.1, 0.15) is 25.3 Å². The largest absolute Gasteiger partial charge is 0.435 e. The molecule has 0 bridgehead atoms. The zero-order chi connectivity index (χ0) is 18.6. The molecular formula is C16H19F2N3O4. The molecule has 25 heavy (non-hydrogen) atoms. The maximum absolute atomic E-state index is 12.4. The van der Waals surface area contributed by atoms with Crippen molar-refractivity contribution in [3.63, 3.8) is 0 Å².